The quantitative estimate of drug-likeness (QED) is 0.427. The zero-order valence-corrected chi connectivity index (χ0v) is 19.7. The molecule has 0 radical (unpaired) electrons. The van der Waals surface area contributed by atoms with E-state index in [1.807, 2.05) is 25.9 Å². The smallest absolute Gasteiger partial charge is 0.338 e. The average Bonchev–Trinajstić information content (AvgIpc) is 3.31. The van der Waals surface area contributed by atoms with Crippen molar-refractivity contribution in [1.82, 2.24) is 24.6 Å². The highest BCUT2D eigenvalue weighted by molar-refractivity contribution is 6.06. The molecule has 0 fully saturated rings. The van der Waals surface area contributed by atoms with Gasteiger partial charge in [-0.05, 0) is 44.3 Å². The second-order valence-corrected chi connectivity index (χ2v) is 8.63. The molecule has 0 saturated heterocycles. The number of aromatic amines is 1. The van der Waals surface area contributed by atoms with E-state index in [0.717, 1.165) is 4.57 Å². The molecule has 2 aromatic carbocycles. The number of H-pyrrole nitrogens is 1. The van der Waals surface area contributed by atoms with E-state index in [-0.39, 0.29) is 16.8 Å². The van der Waals surface area contributed by atoms with Crippen LogP contribution in [0.1, 0.15) is 17.3 Å². The van der Waals surface area contributed by atoms with E-state index in [1.54, 1.807) is 41.3 Å². The normalized spacial score (nSPS) is 12.1. The number of nitrogens with one attached hydrogen (secondary N) is 1. The van der Waals surface area contributed by atoms with Crippen molar-refractivity contribution >= 4 is 27.7 Å². The zero-order chi connectivity index (χ0) is 25.3. The summed E-state index contributed by atoms with van der Waals surface area (Å²) in [4.78, 5) is 30.0. The number of aromatic nitrogens is 3. The Morgan fingerprint density at radius 2 is 1.83 bits per heavy atom. The maximum Gasteiger partial charge on any atom is 0.406 e. The number of carbonyl (C=O) groups is 1. The maximum absolute atomic E-state index is 13.4. The molecule has 0 aliphatic heterocycles. The Labute approximate surface area is 199 Å². The molecule has 0 atom stereocenters. The first-order valence-electron chi connectivity index (χ1n) is 11.2. The first kappa shape index (κ1) is 24.5. The monoisotopic (exact) mass is 485 g/mol. The molecule has 1 N–H and O–H groups in total. The highest BCUT2D eigenvalue weighted by Gasteiger charge is 2.30. The lowest BCUT2D eigenvalue weighted by Crippen LogP contribution is -2.36. The molecule has 2 heterocycles. The molecule has 0 aliphatic rings. The van der Waals surface area contributed by atoms with Gasteiger partial charge in [0.1, 0.15) is 6.54 Å². The first-order valence-corrected chi connectivity index (χ1v) is 11.2. The van der Waals surface area contributed by atoms with Crippen LogP contribution in [0.4, 0.5) is 13.2 Å². The number of pyridine rings is 1. The summed E-state index contributed by atoms with van der Waals surface area (Å²) in [5, 5.41) is 7.10. The third-order valence-electron chi connectivity index (χ3n) is 5.96. The number of amides is 1. The van der Waals surface area contributed by atoms with E-state index < -0.39 is 18.3 Å². The molecule has 0 aliphatic carbocycles. The van der Waals surface area contributed by atoms with Crippen LogP contribution in [0.2, 0.25) is 0 Å². The van der Waals surface area contributed by atoms with Gasteiger partial charge in [0, 0.05) is 30.6 Å². The third kappa shape index (κ3) is 4.93. The summed E-state index contributed by atoms with van der Waals surface area (Å²) in [5.74, 6) is -0.165. The molecule has 0 spiro atoms. The van der Waals surface area contributed by atoms with Crippen LogP contribution in [-0.4, -0.2) is 70.4 Å². The molecule has 4 aromatic rings. The van der Waals surface area contributed by atoms with Crippen molar-refractivity contribution in [2.45, 2.75) is 19.6 Å². The fourth-order valence-electron chi connectivity index (χ4n) is 4.19. The van der Waals surface area contributed by atoms with Crippen molar-refractivity contribution < 1.29 is 18.0 Å². The Hall–Kier alpha value is -3.66. The number of hydrogen-bond donors (Lipinski definition) is 1. The van der Waals surface area contributed by atoms with E-state index in [1.165, 1.54) is 12.3 Å². The number of hydrogen-bond acceptors (Lipinski definition) is 4. The lowest BCUT2D eigenvalue weighted by molar-refractivity contribution is -0.140. The molecule has 184 valence electrons. The fourth-order valence-corrected chi connectivity index (χ4v) is 4.19. The Morgan fingerprint density at radius 3 is 2.51 bits per heavy atom. The number of alkyl halides is 3. The van der Waals surface area contributed by atoms with Gasteiger partial charge in [-0.2, -0.15) is 18.3 Å². The number of nitrogens with zero attached hydrogens (tertiary/aromatic N) is 4. The number of carbonyl (C=O) groups excluding carboxylic acids is 1. The van der Waals surface area contributed by atoms with E-state index in [0.29, 0.717) is 47.2 Å². The van der Waals surface area contributed by atoms with Crippen LogP contribution < -0.4 is 5.56 Å². The summed E-state index contributed by atoms with van der Waals surface area (Å²) in [6.07, 6.45) is -3.36. The molecule has 7 nitrogen and oxygen atoms in total. The molecule has 0 bridgehead atoms. The molecule has 1 amide bonds. The summed E-state index contributed by atoms with van der Waals surface area (Å²) >= 11 is 0. The van der Waals surface area contributed by atoms with Crippen LogP contribution in [0, 0.1) is 0 Å². The Kier molecular flexibility index (Phi) is 6.66. The van der Waals surface area contributed by atoms with E-state index in [2.05, 4.69) is 10.2 Å². The van der Waals surface area contributed by atoms with Gasteiger partial charge in [0.05, 0.1) is 22.6 Å². The Bertz CT molecular complexity index is 1440. The van der Waals surface area contributed by atoms with Gasteiger partial charge < -0.3 is 9.80 Å². The average molecular weight is 486 g/mol. The van der Waals surface area contributed by atoms with Gasteiger partial charge in [-0.25, -0.2) is 0 Å². The topological polar surface area (TPSA) is 74.2 Å². The Morgan fingerprint density at radius 1 is 1.09 bits per heavy atom. The van der Waals surface area contributed by atoms with E-state index in [4.69, 9.17) is 0 Å². The zero-order valence-electron chi connectivity index (χ0n) is 19.7. The predicted molar refractivity (Wildman–Crippen MR) is 129 cm³/mol. The number of rotatable bonds is 7. The van der Waals surface area contributed by atoms with Gasteiger partial charge in [0.2, 0.25) is 0 Å². The molecule has 0 unspecified atom stereocenters. The molecule has 0 saturated carbocycles. The van der Waals surface area contributed by atoms with Gasteiger partial charge in [-0.1, -0.05) is 30.3 Å². The van der Waals surface area contributed by atoms with Crippen molar-refractivity contribution in [3.05, 3.63) is 64.6 Å². The minimum absolute atomic E-state index is 0.0876. The summed E-state index contributed by atoms with van der Waals surface area (Å²) in [6, 6.07) is 11.9. The van der Waals surface area contributed by atoms with Crippen molar-refractivity contribution in [1.29, 1.82) is 0 Å². The standard InChI is InChI=1S/C25H26F3N5O2/c1-4-32(12-11-31(2)3)23(34)18-8-6-5-7-17(18)16-9-10-19-21(13-16)33(15-25(26,27)28)24(35)20-14-29-30-22(19)20/h5-10,13-14H,4,11-12,15H2,1-3H3,(H,29,30). The summed E-state index contributed by atoms with van der Waals surface area (Å²) in [6.45, 7) is 2.22. The van der Waals surface area contributed by atoms with Gasteiger partial charge in [0.25, 0.3) is 11.5 Å². The van der Waals surface area contributed by atoms with Crippen LogP contribution in [-0.2, 0) is 6.54 Å². The van der Waals surface area contributed by atoms with Crippen LogP contribution in [0.5, 0.6) is 0 Å². The number of fused-ring (bicyclic) bond motifs is 3. The lowest BCUT2D eigenvalue weighted by atomic mass is 9.97. The van der Waals surface area contributed by atoms with Gasteiger partial charge >= 0.3 is 6.18 Å². The second-order valence-electron chi connectivity index (χ2n) is 8.63. The van der Waals surface area contributed by atoms with Crippen molar-refractivity contribution in [3.8, 4) is 11.1 Å². The minimum atomic E-state index is -4.59. The number of halogens is 3. The summed E-state index contributed by atoms with van der Waals surface area (Å²) in [5.41, 5.74) is 1.28. The second kappa shape index (κ2) is 9.53. The van der Waals surface area contributed by atoms with Crippen LogP contribution in [0.25, 0.3) is 32.9 Å². The summed E-state index contributed by atoms with van der Waals surface area (Å²) in [7, 11) is 3.86. The van der Waals surface area contributed by atoms with E-state index >= 15 is 0 Å². The largest absolute Gasteiger partial charge is 0.406 e. The highest BCUT2D eigenvalue weighted by atomic mass is 19.4. The molecule has 10 heteroatoms. The summed E-state index contributed by atoms with van der Waals surface area (Å²) < 4.78 is 40.9. The molecule has 4 rings (SSSR count). The maximum atomic E-state index is 13.4. The molecule has 35 heavy (non-hydrogen) atoms. The number of likely N-dealkylation sites (N-methyl/N-ethyl adjacent to an activating group) is 2. The number of benzene rings is 2. The molecule has 2 aromatic heterocycles. The SMILES string of the molecule is CCN(CCN(C)C)C(=O)c1ccccc1-c1ccc2c3[nH]ncc3c(=O)n(CC(F)(F)F)c2c1. The molecular formula is C25H26F3N5O2. The van der Waals surface area contributed by atoms with Crippen molar-refractivity contribution in [3.63, 3.8) is 0 Å². The Balaban J connectivity index is 1.88. The van der Waals surface area contributed by atoms with Gasteiger partial charge in [-0.3, -0.25) is 19.3 Å². The van der Waals surface area contributed by atoms with E-state index in [9.17, 15) is 22.8 Å². The van der Waals surface area contributed by atoms with Gasteiger partial charge in [-0.15, -0.1) is 0 Å². The highest BCUT2D eigenvalue weighted by Crippen LogP contribution is 2.31. The molecular weight excluding hydrogens is 459 g/mol. The first-order chi connectivity index (χ1) is 16.6. The minimum Gasteiger partial charge on any atom is -0.338 e. The van der Waals surface area contributed by atoms with Crippen LogP contribution in [0.3, 0.4) is 0 Å². The van der Waals surface area contributed by atoms with Crippen LogP contribution >= 0.6 is 0 Å². The predicted octanol–water partition coefficient (Wildman–Crippen LogP) is 4.13. The van der Waals surface area contributed by atoms with Crippen LogP contribution in [0.15, 0.2) is 53.5 Å². The van der Waals surface area contributed by atoms with Gasteiger partial charge in [0.15, 0.2) is 0 Å². The third-order valence-corrected chi connectivity index (χ3v) is 5.96. The van der Waals surface area contributed by atoms with Crippen molar-refractivity contribution in [2.24, 2.45) is 0 Å². The lowest BCUT2D eigenvalue weighted by Gasteiger charge is -2.24. The van der Waals surface area contributed by atoms with Crippen molar-refractivity contribution in [2.75, 3.05) is 33.7 Å². The fraction of sp³-hybridized carbons (Fsp3) is 0.320.